The lowest BCUT2D eigenvalue weighted by atomic mass is 9.92. The predicted octanol–water partition coefficient (Wildman–Crippen LogP) is 6.18. The van der Waals surface area contributed by atoms with Gasteiger partial charge < -0.3 is 4.74 Å². The van der Waals surface area contributed by atoms with Crippen LogP contribution in [0.5, 0.6) is 0 Å². The summed E-state index contributed by atoms with van der Waals surface area (Å²) >= 11 is 0. The highest BCUT2D eigenvalue weighted by Crippen LogP contribution is 2.58. The monoisotopic (exact) mass is 418 g/mol. The number of alkyl halides is 11. The van der Waals surface area contributed by atoms with Gasteiger partial charge in [0, 0.05) is 13.5 Å². The van der Waals surface area contributed by atoms with Crippen LogP contribution in [0.4, 0.5) is 48.3 Å². The van der Waals surface area contributed by atoms with Crippen molar-refractivity contribution >= 4 is 0 Å². The largest absolute Gasteiger partial charge is 0.460 e. The maximum Gasteiger partial charge on any atom is 0.460 e. The highest BCUT2D eigenvalue weighted by atomic mass is 19.4. The molecule has 0 fully saturated rings. The van der Waals surface area contributed by atoms with Crippen LogP contribution in [0.25, 0.3) is 0 Å². The summed E-state index contributed by atoms with van der Waals surface area (Å²) in [6.07, 6.45) is -11.4. The lowest BCUT2D eigenvalue weighted by Crippen LogP contribution is -2.66. The molecule has 156 valence electrons. The van der Waals surface area contributed by atoms with E-state index < -0.39 is 42.4 Å². The first-order chi connectivity index (χ1) is 11.9. The number of hydrogen-bond acceptors (Lipinski definition) is 1. The van der Waals surface area contributed by atoms with Gasteiger partial charge >= 0.3 is 29.9 Å². The Labute approximate surface area is 146 Å². The predicted molar refractivity (Wildman–Crippen MR) is 71.4 cm³/mol. The van der Waals surface area contributed by atoms with Crippen molar-refractivity contribution < 1.29 is 53.0 Å². The smallest absolute Gasteiger partial charge is 0.377 e. The lowest BCUT2D eigenvalue weighted by Gasteiger charge is -2.38. The Morgan fingerprint density at radius 3 is 1.56 bits per heavy atom. The van der Waals surface area contributed by atoms with Gasteiger partial charge in [-0.1, -0.05) is 29.8 Å². The van der Waals surface area contributed by atoms with E-state index in [4.69, 9.17) is 0 Å². The molecule has 0 saturated heterocycles. The van der Waals surface area contributed by atoms with Gasteiger partial charge in [-0.25, -0.2) is 0 Å². The molecule has 1 unspecified atom stereocenters. The fraction of sp³-hybridized carbons (Fsp3) is 0.600. The highest BCUT2D eigenvalue weighted by Gasteiger charge is 2.87. The molecule has 1 rings (SSSR count). The third kappa shape index (κ3) is 3.99. The number of hydrogen-bond donors (Lipinski definition) is 0. The highest BCUT2D eigenvalue weighted by molar-refractivity contribution is 5.24. The fourth-order valence-corrected chi connectivity index (χ4v) is 2.08. The molecule has 0 spiro atoms. The van der Waals surface area contributed by atoms with Gasteiger partial charge in [0.15, 0.2) is 0 Å². The van der Waals surface area contributed by atoms with E-state index in [0.29, 0.717) is 5.56 Å². The van der Waals surface area contributed by atoms with Crippen molar-refractivity contribution in [1.29, 1.82) is 0 Å². The SMILES string of the molecule is COC(CC(F)(F)C(F)(F)C(F)(F)C(F)(F)C(F)(F)F)c1ccc(C)cc1. The van der Waals surface area contributed by atoms with Crippen LogP contribution in [-0.4, -0.2) is 37.0 Å². The van der Waals surface area contributed by atoms with E-state index in [1.807, 2.05) is 0 Å². The van der Waals surface area contributed by atoms with Crippen molar-refractivity contribution in [2.75, 3.05) is 7.11 Å². The molecular formula is C15H13F11O. The zero-order chi connectivity index (χ0) is 21.5. The van der Waals surface area contributed by atoms with Gasteiger partial charge in [0.05, 0.1) is 6.10 Å². The first-order valence-corrected chi connectivity index (χ1v) is 7.09. The number of rotatable bonds is 7. The van der Waals surface area contributed by atoms with E-state index in [9.17, 15) is 48.3 Å². The Kier molecular flexibility index (Phi) is 6.17. The number of methoxy groups -OCH3 is 1. The van der Waals surface area contributed by atoms with Gasteiger partial charge in [-0.05, 0) is 12.5 Å². The molecule has 0 aliphatic heterocycles. The van der Waals surface area contributed by atoms with E-state index in [-0.39, 0.29) is 5.56 Å². The van der Waals surface area contributed by atoms with E-state index in [1.54, 1.807) is 6.92 Å². The Morgan fingerprint density at radius 2 is 1.19 bits per heavy atom. The van der Waals surface area contributed by atoms with Crippen LogP contribution in [-0.2, 0) is 4.74 Å². The molecule has 0 aliphatic rings. The molecule has 0 radical (unpaired) electrons. The minimum absolute atomic E-state index is 0.190. The van der Waals surface area contributed by atoms with Crippen LogP contribution in [0.2, 0.25) is 0 Å². The Morgan fingerprint density at radius 1 is 0.741 bits per heavy atom. The van der Waals surface area contributed by atoms with Crippen molar-refractivity contribution in [3.05, 3.63) is 35.4 Å². The summed E-state index contributed by atoms with van der Waals surface area (Å²) in [7, 11) is 0.751. The molecule has 0 aliphatic carbocycles. The van der Waals surface area contributed by atoms with E-state index in [1.165, 1.54) is 12.1 Å². The zero-order valence-electron chi connectivity index (χ0n) is 13.7. The second-order valence-electron chi connectivity index (χ2n) is 5.76. The third-order valence-corrected chi connectivity index (χ3v) is 3.78. The van der Waals surface area contributed by atoms with Crippen LogP contribution < -0.4 is 0 Å². The Hall–Kier alpha value is -1.59. The molecule has 0 aromatic heterocycles. The molecule has 0 amide bonds. The molecular weight excluding hydrogens is 405 g/mol. The average molecular weight is 418 g/mol. The molecule has 12 heteroatoms. The van der Waals surface area contributed by atoms with Crippen molar-refractivity contribution in [3.63, 3.8) is 0 Å². The first-order valence-electron chi connectivity index (χ1n) is 7.09. The minimum atomic E-state index is -7.41. The van der Waals surface area contributed by atoms with E-state index >= 15 is 0 Å². The fourth-order valence-electron chi connectivity index (χ4n) is 2.08. The van der Waals surface area contributed by atoms with Crippen LogP contribution in [0, 0.1) is 6.92 Å². The zero-order valence-corrected chi connectivity index (χ0v) is 13.7. The first kappa shape index (κ1) is 23.4. The van der Waals surface area contributed by atoms with Crippen molar-refractivity contribution in [3.8, 4) is 0 Å². The summed E-state index contributed by atoms with van der Waals surface area (Å²) in [5.74, 6) is -27.8. The summed E-state index contributed by atoms with van der Waals surface area (Å²) in [4.78, 5) is 0. The van der Waals surface area contributed by atoms with Gasteiger partial charge in [-0.3, -0.25) is 0 Å². The maximum atomic E-state index is 13.8. The van der Waals surface area contributed by atoms with Crippen LogP contribution in [0.3, 0.4) is 0 Å². The van der Waals surface area contributed by atoms with Crippen LogP contribution in [0.15, 0.2) is 24.3 Å². The molecule has 1 aromatic carbocycles. The van der Waals surface area contributed by atoms with Gasteiger partial charge in [-0.15, -0.1) is 0 Å². The summed E-state index contributed by atoms with van der Waals surface area (Å²) in [6.45, 7) is 1.58. The van der Waals surface area contributed by atoms with Gasteiger partial charge in [0.25, 0.3) is 0 Å². The molecule has 0 saturated carbocycles. The maximum absolute atomic E-state index is 13.8. The van der Waals surface area contributed by atoms with Gasteiger partial charge in [-0.2, -0.15) is 48.3 Å². The van der Waals surface area contributed by atoms with Crippen LogP contribution >= 0.6 is 0 Å². The molecule has 1 atom stereocenters. The summed E-state index contributed by atoms with van der Waals surface area (Å²) < 4.78 is 147. The second kappa shape index (κ2) is 7.10. The van der Waals surface area contributed by atoms with Crippen molar-refractivity contribution in [2.24, 2.45) is 0 Å². The molecule has 0 bridgehead atoms. The number of aryl methyl sites for hydroxylation is 1. The van der Waals surface area contributed by atoms with Crippen LogP contribution in [0.1, 0.15) is 23.7 Å². The minimum Gasteiger partial charge on any atom is -0.377 e. The van der Waals surface area contributed by atoms with E-state index in [2.05, 4.69) is 4.74 Å². The molecule has 1 nitrogen and oxygen atoms in total. The number of benzene rings is 1. The standard InChI is InChI=1S/C15H13F11O/c1-8-3-5-9(6-4-8)10(27-2)7-11(16,17)12(18,19)13(20,21)14(22,23)15(24,25)26/h3-6,10H,7H2,1-2H3. The van der Waals surface area contributed by atoms with Crippen molar-refractivity contribution in [1.82, 2.24) is 0 Å². The number of halogens is 11. The van der Waals surface area contributed by atoms with Crippen molar-refractivity contribution in [2.45, 2.75) is 49.3 Å². The quantitative estimate of drug-likeness (QED) is 0.481. The number of ether oxygens (including phenoxy) is 1. The topological polar surface area (TPSA) is 9.23 Å². The van der Waals surface area contributed by atoms with Gasteiger partial charge in [0.1, 0.15) is 0 Å². The Bertz CT molecular complexity index is 634. The normalized spacial score (nSPS) is 15.7. The second-order valence-corrected chi connectivity index (χ2v) is 5.76. The Balaban J connectivity index is 3.27. The summed E-state index contributed by atoms with van der Waals surface area (Å²) in [6, 6.07) is 4.93. The van der Waals surface area contributed by atoms with Gasteiger partial charge in [0.2, 0.25) is 0 Å². The average Bonchev–Trinajstić information content (AvgIpc) is 2.51. The molecule has 1 aromatic rings. The third-order valence-electron chi connectivity index (χ3n) is 3.78. The summed E-state index contributed by atoms with van der Waals surface area (Å²) in [5, 5.41) is 0. The summed E-state index contributed by atoms with van der Waals surface area (Å²) in [5.41, 5.74) is 0.423. The molecule has 27 heavy (non-hydrogen) atoms. The molecule has 0 heterocycles. The van der Waals surface area contributed by atoms with E-state index in [0.717, 1.165) is 19.2 Å². The molecule has 0 N–H and O–H groups in total. The lowest BCUT2D eigenvalue weighted by molar-refractivity contribution is -0.423.